The summed E-state index contributed by atoms with van der Waals surface area (Å²) >= 11 is 3.38. The third kappa shape index (κ3) is 16.1. The number of unbranched alkanes of at least 4 members (excludes halogenated alkanes) is 5. The van der Waals surface area contributed by atoms with Crippen molar-refractivity contribution in [2.24, 2.45) is 0 Å². The lowest BCUT2D eigenvalue weighted by Crippen LogP contribution is -2.04. The number of ether oxygens (including phenoxy) is 2. The fourth-order valence-corrected chi connectivity index (χ4v) is 1.87. The van der Waals surface area contributed by atoms with E-state index in [1.807, 2.05) is 6.92 Å². The van der Waals surface area contributed by atoms with Crippen LogP contribution >= 0.6 is 15.9 Å². The summed E-state index contributed by atoms with van der Waals surface area (Å²) in [5.74, 6) is 0. The largest absolute Gasteiger partial charge is 0.379 e. The van der Waals surface area contributed by atoms with Crippen LogP contribution in [-0.4, -0.2) is 26.4 Å². The van der Waals surface area contributed by atoms with Crippen LogP contribution in [0, 0.1) is 0 Å². The predicted molar refractivity (Wildman–Crippen MR) is 77.7 cm³/mol. The fraction of sp³-hybridized carbons (Fsp3) is 0.857. The SMILES string of the molecule is C=C(Br)CCCCCCCCOCCOCC. The highest BCUT2D eigenvalue weighted by Gasteiger charge is 1.93. The van der Waals surface area contributed by atoms with Crippen molar-refractivity contribution in [2.75, 3.05) is 26.4 Å². The van der Waals surface area contributed by atoms with Crippen LogP contribution in [0.25, 0.3) is 0 Å². The van der Waals surface area contributed by atoms with Crippen molar-refractivity contribution in [2.45, 2.75) is 51.9 Å². The average molecular weight is 307 g/mol. The van der Waals surface area contributed by atoms with Crippen LogP contribution in [0.5, 0.6) is 0 Å². The van der Waals surface area contributed by atoms with Gasteiger partial charge in [0.2, 0.25) is 0 Å². The zero-order valence-corrected chi connectivity index (χ0v) is 12.8. The molecule has 0 aromatic rings. The van der Waals surface area contributed by atoms with Gasteiger partial charge in [0.15, 0.2) is 0 Å². The summed E-state index contributed by atoms with van der Waals surface area (Å²) in [5, 5.41) is 0. The van der Waals surface area contributed by atoms with Crippen LogP contribution in [0.1, 0.15) is 51.9 Å². The first kappa shape index (κ1) is 17.1. The lowest BCUT2D eigenvalue weighted by atomic mass is 10.1. The van der Waals surface area contributed by atoms with E-state index in [1.54, 1.807) is 0 Å². The van der Waals surface area contributed by atoms with Crippen molar-refractivity contribution in [3.63, 3.8) is 0 Å². The molecule has 0 rings (SSSR count). The third-order valence-corrected chi connectivity index (χ3v) is 2.96. The summed E-state index contributed by atoms with van der Waals surface area (Å²) < 4.78 is 11.8. The molecule has 3 heteroatoms. The average Bonchev–Trinajstić information content (AvgIpc) is 2.30. The Kier molecular flexibility index (Phi) is 14.3. The highest BCUT2D eigenvalue weighted by molar-refractivity contribution is 9.11. The molecular weight excluding hydrogens is 280 g/mol. The van der Waals surface area contributed by atoms with Crippen LogP contribution in [-0.2, 0) is 9.47 Å². The molecule has 0 amide bonds. The lowest BCUT2D eigenvalue weighted by molar-refractivity contribution is 0.0512. The molecule has 0 radical (unpaired) electrons. The molecular formula is C14H27BrO2. The lowest BCUT2D eigenvalue weighted by Gasteiger charge is -2.04. The minimum Gasteiger partial charge on any atom is -0.379 e. The van der Waals surface area contributed by atoms with Gasteiger partial charge in [-0.2, -0.15) is 0 Å². The highest BCUT2D eigenvalue weighted by atomic mass is 79.9. The molecule has 0 aliphatic carbocycles. The molecule has 0 bridgehead atoms. The summed E-state index contributed by atoms with van der Waals surface area (Å²) in [7, 11) is 0. The summed E-state index contributed by atoms with van der Waals surface area (Å²) in [6, 6.07) is 0. The molecule has 0 spiro atoms. The normalized spacial score (nSPS) is 10.7. The van der Waals surface area contributed by atoms with E-state index in [4.69, 9.17) is 9.47 Å². The molecule has 0 atom stereocenters. The number of allylic oxidation sites excluding steroid dienone is 1. The molecule has 0 aromatic carbocycles. The van der Waals surface area contributed by atoms with E-state index in [-0.39, 0.29) is 0 Å². The molecule has 0 heterocycles. The quantitative estimate of drug-likeness (QED) is 0.460. The molecule has 0 saturated heterocycles. The second-order valence-corrected chi connectivity index (χ2v) is 5.32. The Balaban J connectivity index is 2.91. The van der Waals surface area contributed by atoms with E-state index in [9.17, 15) is 0 Å². The Hall–Kier alpha value is 0.140. The van der Waals surface area contributed by atoms with Crippen molar-refractivity contribution in [3.05, 3.63) is 11.1 Å². The maximum absolute atomic E-state index is 5.45. The molecule has 0 aliphatic heterocycles. The smallest absolute Gasteiger partial charge is 0.0700 e. The zero-order valence-electron chi connectivity index (χ0n) is 11.2. The molecule has 102 valence electrons. The van der Waals surface area contributed by atoms with Crippen molar-refractivity contribution in [1.29, 1.82) is 0 Å². The Morgan fingerprint density at radius 3 is 2.12 bits per heavy atom. The Labute approximate surface area is 115 Å². The molecule has 0 aliphatic rings. The van der Waals surface area contributed by atoms with Gasteiger partial charge in [-0.15, -0.1) is 0 Å². The van der Waals surface area contributed by atoms with Crippen LogP contribution in [0.15, 0.2) is 11.1 Å². The third-order valence-electron chi connectivity index (χ3n) is 2.56. The Morgan fingerprint density at radius 1 is 0.882 bits per heavy atom. The minimum atomic E-state index is 0.729. The van der Waals surface area contributed by atoms with E-state index in [0.29, 0.717) is 0 Å². The molecule has 0 saturated carbocycles. The van der Waals surface area contributed by atoms with Gasteiger partial charge < -0.3 is 9.47 Å². The molecule has 0 N–H and O–H groups in total. The van der Waals surface area contributed by atoms with E-state index in [2.05, 4.69) is 22.5 Å². The van der Waals surface area contributed by atoms with Gasteiger partial charge in [-0.05, 0) is 30.7 Å². The Bertz CT molecular complexity index is 172. The van der Waals surface area contributed by atoms with Gasteiger partial charge in [0.1, 0.15) is 0 Å². The minimum absolute atomic E-state index is 0.729. The summed E-state index contributed by atoms with van der Waals surface area (Å²) in [6.07, 6.45) is 8.80. The topological polar surface area (TPSA) is 18.5 Å². The first-order valence-corrected chi connectivity index (χ1v) is 7.55. The van der Waals surface area contributed by atoms with E-state index >= 15 is 0 Å². The van der Waals surface area contributed by atoms with Gasteiger partial charge in [-0.3, -0.25) is 0 Å². The molecule has 17 heavy (non-hydrogen) atoms. The van der Waals surface area contributed by atoms with Crippen LogP contribution in [0.4, 0.5) is 0 Å². The number of hydrogen-bond donors (Lipinski definition) is 0. The maximum atomic E-state index is 5.45. The highest BCUT2D eigenvalue weighted by Crippen LogP contribution is 2.14. The maximum Gasteiger partial charge on any atom is 0.0700 e. The van der Waals surface area contributed by atoms with Crippen LogP contribution in [0.3, 0.4) is 0 Å². The van der Waals surface area contributed by atoms with Crippen molar-refractivity contribution >= 4 is 15.9 Å². The summed E-state index contributed by atoms with van der Waals surface area (Å²) in [4.78, 5) is 0. The fourth-order valence-electron chi connectivity index (χ4n) is 1.59. The monoisotopic (exact) mass is 306 g/mol. The first-order chi connectivity index (χ1) is 8.27. The van der Waals surface area contributed by atoms with Crippen molar-refractivity contribution in [3.8, 4) is 0 Å². The van der Waals surface area contributed by atoms with E-state index < -0.39 is 0 Å². The van der Waals surface area contributed by atoms with Crippen molar-refractivity contribution < 1.29 is 9.47 Å². The molecule has 0 fully saturated rings. The number of hydrogen-bond acceptors (Lipinski definition) is 2. The molecule has 2 nitrogen and oxygen atoms in total. The van der Waals surface area contributed by atoms with Gasteiger partial charge in [-0.1, -0.05) is 48.2 Å². The van der Waals surface area contributed by atoms with Crippen LogP contribution < -0.4 is 0 Å². The van der Waals surface area contributed by atoms with Gasteiger partial charge in [-0.25, -0.2) is 0 Å². The molecule has 0 unspecified atom stereocenters. The van der Waals surface area contributed by atoms with Gasteiger partial charge in [0.25, 0.3) is 0 Å². The number of rotatable bonds is 13. The van der Waals surface area contributed by atoms with Gasteiger partial charge >= 0.3 is 0 Å². The van der Waals surface area contributed by atoms with Crippen LogP contribution in [0.2, 0.25) is 0 Å². The van der Waals surface area contributed by atoms with Gasteiger partial charge in [0, 0.05) is 13.2 Å². The second kappa shape index (κ2) is 14.2. The summed E-state index contributed by atoms with van der Waals surface area (Å²) in [6.45, 7) is 8.97. The van der Waals surface area contributed by atoms with E-state index in [1.165, 1.54) is 38.5 Å². The standard InChI is InChI=1S/C14H27BrO2/c1-3-16-12-13-17-11-9-7-5-4-6-8-10-14(2)15/h2-13H2,1H3. The summed E-state index contributed by atoms with van der Waals surface area (Å²) in [5.41, 5.74) is 0. The zero-order chi connectivity index (χ0) is 12.8. The first-order valence-electron chi connectivity index (χ1n) is 6.76. The van der Waals surface area contributed by atoms with Crippen molar-refractivity contribution in [1.82, 2.24) is 0 Å². The number of halogens is 1. The Morgan fingerprint density at radius 2 is 1.47 bits per heavy atom. The van der Waals surface area contributed by atoms with E-state index in [0.717, 1.165) is 37.3 Å². The van der Waals surface area contributed by atoms with Gasteiger partial charge in [0.05, 0.1) is 13.2 Å². The predicted octanol–water partition coefficient (Wildman–Crippen LogP) is 4.68. The second-order valence-electron chi connectivity index (χ2n) is 4.20. The molecule has 0 aromatic heterocycles.